The maximum absolute atomic E-state index is 5.67. The molecule has 0 saturated carbocycles. The smallest absolute Gasteiger partial charge is 0.0131 e. The molecule has 0 radical (unpaired) electrons. The molecule has 0 aromatic carbocycles. The van der Waals surface area contributed by atoms with E-state index in [0.29, 0.717) is 0 Å². The van der Waals surface area contributed by atoms with Gasteiger partial charge in [0, 0.05) is 13.1 Å². The molecule has 0 aliphatic heterocycles. The van der Waals surface area contributed by atoms with E-state index in [1.54, 1.807) is 0 Å². The van der Waals surface area contributed by atoms with Crippen molar-refractivity contribution in [1.29, 1.82) is 0 Å². The fourth-order valence-corrected chi connectivity index (χ4v) is 0.823. The lowest BCUT2D eigenvalue weighted by Crippen LogP contribution is -2.33. The average molecular weight is 144 g/mol. The molecule has 2 nitrogen and oxygen atoms in total. The maximum Gasteiger partial charge on any atom is 0.0131 e. The van der Waals surface area contributed by atoms with Gasteiger partial charge in [0.25, 0.3) is 0 Å². The van der Waals surface area contributed by atoms with Gasteiger partial charge < -0.3 is 0 Å². The summed E-state index contributed by atoms with van der Waals surface area (Å²) in [5.41, 5.74) is 0. The Hall–Kier alpha value is -0.0800. The number of nitrogens with zero attached hydrogens (tertiary/aromatic N) is 1. The molecule has 0 spiro atoms. The van der Waals surface area contributed by atoms with E-state index in [9.17, 15) is 0 Å². The van der Waals surface area contributed by atoms with Crippen molar-refractivity contribution in [3.63, 3.8) is 0 Å². The molecule has 0 bridgehead atoms. The van der Waals surface area contributed by atoms with Crippen LogP contribution in [0.5, 0.6) is 0 Å². The molecule has 0 aliphatic carbocycles. The van der Waals surface area contributed by atoms with Crippen LogP contribution in [0.1, 0.15) is 33.6 Å². The van der Waals surface area contributed by atoms with Crippen molar-refractivity contribution in [2.75, 3.05) is 13.1 Å². The summed E-state index contributed by atoms with van der Waals surface area (Å²) in [5.74, 6) is 6.43. The monoisotopic (exact) mass is 144 g/mol. The van der Waals surface area contributed by atoms with E-state index in [1.807, 2.05) is 5.01 Å². The molecule has 0 amide bonds. The summed E-state index contributed by atoms with van der Waals surface area (Å²) in [6.45, 7) is 8.65. The Bertz CT molecular complexity index is 71.7. The Morgan fingerprint density at radius 1 is 1.30 bits per heavy atom. The zero-order chi connectivity index (χ0) is 7.98. The normalized spacial score (nSPS) is 11.4. The Balaban J connectivity index is 3.12. The van der Waals surface area contributed by atoms with Crippen LogP contribution < -0.4 is 5.84 Å². The van der Waals surface area contributed by atoms with Gasteiger partial charge in [0.15, 0.2) is 0 Å². The number of nitrogens with two attached hydrogens (primary N) is 1. The van der Waals surface area contributed by atoms with E-state index in [4.69, 9.17) is 5.84 Å². The highest BCUT2D eigenvalue weighted by atomic mass is 15.4. The van der Waals surface area contributed by atoms with Crippen LogP contribution in [0.25, 0.3) is 0 Å². The third kappa shape index (κ3) is 6.05. The molecule has 0 atom stereocenters. The summed E-state index contributed by atoms with van der Waals surface area (Å²) in [6, 6.07) is 0. The molecular weight excluding hydrogens is 124 g/mol. The van der Waals surface area contributed by atoms with Crippen LogP contribution in [0.15, 0.2) is 0 Å². The highest BCUT2D eigenvalue weighted by Gasteiger charge is 1.98. The minimum atomic E-state index is 0.767. The number of hydrogen-bond acceptors (Lipinski definition) is 2. The maximum atomic E-state index is 5.67. The van der Waals surface area contributed by atoms with E-state index < -0.39 is 0 Å². The largest absolute Gasteiger partial charge is 0.269 e. The Kier molecular flexibility index (Phi) is 5.64. The van der Waals surface area contributed by atoms with Crippen molar-refractivity contribution < 1.29 is 0 Å². The summed E-state index contributed by atoms with van der Waals surface area (Å²) < 4.78 is 0. The zero-order valence-electron chi connectivity index (χ0n) is 7.43. The quantitative estimate of drug-likeness (QED) is 0.469. The number of hydrogen-bond donors (Lipinski definition) is 1. The van der Waals surface area contributed by atoms with Crippen molar-refractivity contribution in [1.82, 2.24) is 5.01 Å². The molecule has 0 heterocycles. The van der Waals surface area contributed by atoms with Gasteiger partial charge in [0.1, 0.15) is 0 Å². The molecule has 0 saturated heterocycles. The van der Waals surface area contributed by atoms with Gasteiger partial charge in [-0.15, -0.1) is 0 Å². The van der Waals surface area contributed by atoms with Crippen molar-refractivity contribution in [3.8, 4) is 0 Å². The van der Waals surface area contributed by atoms with Gasteiger partial charge in [-0.2, -0.15) is 0 Å². The predicted molar refractivity (Wildman–Crippen MR) is 45.5 cm³/mol. The van der Waals surface area contributed by atoms with Gasteiger partial charge in [-0.25, -0.2) is 5.01 Å². The Labute approximate surface area is 64.4 Å². The second kappa shape index (κ2) is 5.69. The van der Waals surface area contributed by atoms with Crippen LogP contribution in [0.2, 0.25) is 0 Å². The zero-order valence-corrected chi connectivity index (χ0v) is 7.43. The first-order valence-electron chi connectivity index (χ1n) is 4.16. The molecule has 62 valence electrons. The van der Waals surface area contributed by atoms with Crippen LogP contribution >= 0.6 is 0 Å². The van der Waals surface area contributed by atoms with E-state index in [1.165, 1.54) is 6.42 Å². The van der Waals surface area contributed by atoms with Crippen LogP contribution in [0.3, 0.4) is 0 Å². The summed E-state index contributed by atoms with van der Waals surface area (Å²) in [4.78, 5) is 0. The molecule has 0 unspecified atom stereocenters. The van der Waals surface area contributed by atoms with Crippen LogP contribution in [-0.4, -0.2) is 18.1 Å². The molecule has 0 aromatic rings. The predicted octanol–water partition coefficient (Wildman–Crippen LogP) is 1.62. The lowest BCUT2D eigenvalue weighted by molar-refractivity contribution is 0.266. The highest BCUT2D eigenvalue weighted by Crippen LogP contribution is 1.99. The van der Waals surface area contributed by atoms with Gasteiger partial charge in [-0.1, -0.05) is 20.8 Å². The fourth-order valence-electron chi connectivity index (χ4n) is 0.823. The highest BCUT2D eigenvalue weighted by molar-refractivity contribution is 4.50. The van der Waals surface area contributed by atoms with Gasteiger partial charge in [-0.3, -0.25) is 5.84 Å². The Morgan fingerprint density at radius 3 is 2.30 bits per heavy atom. The van der Waals surface area contributed by atoms with E-state index in [2.05, 4.69) is 20.8 Å². The first kappa shape index (κ1) is 9.92. The molecule has 2 N–H and O–H groups in total. The molecule has 10 heavy (non-hydrogen) atoms. The minimum absolute atomic E-state index is 0.767. The van der Waals surface area contributed by atoms with Crippen LogP contribution in [0.4, 0.5) is 0 Å². The third-order valence-electron chi connectivity index (χ3n) is 1.50. The van der Waals surface area contributed by atoms with Gasteiger partial charge in [0.2, 0.25) is 0 Å². The van der Waals surface area contributed by atoms with E-state index in [-0.39, 0.29) is 0 Å². The van der Waals surface area contributed by atoms with Crippen LogP contribution in [0, 0.1) is 5.92 Å². The standard InChI is InChI=1S/C8H20N2/c1-4-6-10(9)7-5-8(2)3/h8H,4-7,9H2,1-3H3. The number of rotatable bonds is 5. The van der Waals surface area contributed by atoms with Crippen molar-refractivity contribution >= 4 is 0 Å². The molecule has 0 fully saturated rings. The van der Waals surface area contributed by atoms with Gasteiger partial charge >= 0.3 is 0 Å². The molecule has 0 aromatic heterocycles. The lowest BCUT2D eigenvalue weighted by atomic mass is 10.1. The summed E-state index contributed by atoms with van der Waals surface area (Å²) >= 11 is 0. The molecular formula is C8H20N2. The lowest BCUT2D eigenvalue weighted by Gasteiger charge is -2.15. The fraction of sp³-hybridized carbons (Fsp3) is 1.00. The second-order valence-electron chi connectivity index (χ2n) is 3.22. The van der Waals surface area contributed by atoms with Crippen molar-refractivity contribution in [3.05, 3.63) is 0 Å². The summed E-state index contributed by atoms with van der Waals surface area (Å²) in [6.07, 6.45) is 2.35. The minimum Gasteiger partial charge on any atom is -0.269 e. The second-order valence-corrected chi connectivity index (χ2v) is 3.22. The van der Waals surface area contributed by atoms with E-state index in [0.717, 1.165) is 25.4 Å². The average Bonchev–Trinajstić information content (AvgIpc) is 1.85. The van der Waals surface area contributed by atoms with Crippen molar-refractivity contribution in [2.24, 2.45) is 11.8 Å². The van der Waals surface area contributed by atoms with Gasteiger partial charge in [0.05, 0.1) is 0 Å². The third-order valence-corrected chi connectivity index (χ3v) is 1.50. The van der Waals surface area contributed by atoms with Crippen molar-refractivity contribution in [2.45, 2.75) is 33.6 Å². The van der Waals surface area contributed by atoms with Crippen LogP contribution in [-0.2, 0) is 0 Å². The first-order chi connectivity index (χ1) is 4.66. The summed E-state index contributed by atoms with van der Waals surface area (Å²) in [5, 5.41) is 1.90. The Morgan fingerprint density at radius 2 is 1.90 bits per heavy atom. The van der Waals surface area contributed by atoms with Gasteiger partial charge in [-0.05, 0) is 18.8 Å². The van der Waals surface area contributed by atoms with E-state index >= 15 is 0 Å². The molecule has 2 heteroatoms. The SMILES string of the molecule is CCCN(N)CCC(C)C. The summed E-state index contributed by atoms with van der Waals surface area (Å²) in [7, 11) is 0. The first-order valence-corrected chi connectivity index (χ1v) is 4.16. The molecule has 0 aliphatic rings. The molecule has 0 rings (SSSR count). The number of hydrazine groups is 1. The topological polar surface area (TPSA) is 29.3 Å².